The van der Waals surface area contributed by atoms with Gasteiger partial charge in [-0.2, -0.15) is 0 Å². The summed E-state index contributed by atoms with van der Waals surface area (Å²) in [5.74, 6) is 0.896. The van der Waals surface area contributed by atoms with Crippen LogP contribution in [0.4, 0.5) is 5.69 Å². The molecule has 0 aliphatic heterocycles. The van der Waals surface area contributed by atoms with Gasteiger partial charge in [0.1, 0.15) is 0 Å². The van der Waals surface area contributed by atoms with Crippen LogP contribution in [-0.4, -0.2) is 19.1 Å². The van der Waals surface area contributed by atoms with Gasteiger partial charge < -0.3 is 10.2 Å². The van der Waals surface area contributed by atoms with E-state index in [0.717, 1.165) is 36.6 Å². The summed E-state index contributed by atoms with van der Waals surface area (Å²) in [5, 5.41) is 4.43. The minimum atomic E-state index is 0.750. The molecule has 0 spiro atoms. The number of nitrogens with one attached hydrogen (secondary N) is 1. The van der Waals surface area contributed by atoms with Gasteiger partial charge in [0.25, 0.3) is 0 Å². The Hall–Kier alpha value is -0.730. The molecule has 1 aromatic rings. The van der Waals surface area contributed by atoms with Crippen molar-refractivity contribution < 1.29 is 0 Å². The van der Waals surface area contributed by atoms with Gasteiger partial charge in [-0.3, -0.25) is 0 Å². The maximum absolute atomic E-state index is 6.47. The average Bonchev–Trinajstić information content (AvgIpc) is 3.28. The lowest BCUT2D eigenvalue weighted by Crippen LogP contribution is -2.25. The molecule has 3 rings (SSSR count). The van der Waals surface area contributed by atoms with Gasteiger partial charge in [0.15, 0.2) is 0 Å². The maximum Gasteiger partial charge on any atom is 0.0642 e. The fourth-order valence-electron chi connectivity index (χ4n) is 2.48. The smallest absolute Gasteiger partial charge is 0.0642 e. The molecule has 0 amide bonds. The van der Waals surface area contributed by atoms with Gasteiger partial charge in [-0.15, -0.1) is 0 Å². The van der Waals surface area contributed by atoms with Crippen LogP contribution in [0.25, 0.3) is 0 Å². The Labute approximate surface area is 121 Å². The van der Waals surface area contributed by atoms with Crippen molar-refractivity contribution in [1.29, 1.82) is 0 Å². The first-order valence-corrected chi connectivity index (χ1v) is 7.91. The largest absolute Gasteiger partial charge is 0.370 e. The lowest BCUT2D eigenvalue weighted by Gasteiger charge is -2.24. The second kappa shape index (κ2) is 5.72. The van der Waals surface area contributed by atoms with E-state index in [2.05, 4.69) is 35.3 Å². The third-order valence-corrected chi connectivity index (χ3v) is 4.38. The van der Waals surface area contributed by atoms with Crippen LogP contribution in [0.2, 0.25) is 5.02 Å². The van der Waals surface area contributed by atoms with Crippen LogP contribution in [0.3, 0.4) is 0 Å². The molecule has 19 heavy (non-hydrogen) atoms. The van der Waals surface area contributed by atoms with Crippen LogP contribution in [0.5, 0.6) is 0 Å². The number of rotatable bonds is 7. The Morgan fingerprint density at radius 1 is 1.26 bits per heavy atom. The summed E-state index contributed by atoms with van der Waals surface area (Å²) in [6.07, 6.45) is 5.43. The molecule has 0 saturated heterocycles. The van der Waals surface area contributed by atoms with E-state index in [9.17, 15) is 0 Å². The van der Waals surface area contributed by atoms with E-state index in [4.69, 9.17) is 11.6 Å². The Balaban J connectivity index is 1.65. The van der Waals surface area contributed by atoms with Crippen molar-refractivity contribution in [1.82, 2.24) is 5.32 Å². The predicted molar refractivity (Wildman–Crippen MR) is 81.9 cm³/mol. The molecule has 0 radical (unpaired) electrons. The molecule has 2 aliphatic rings. The molecule has 0 atom stereocenters. The molecular formula is C16H23ClN2. The van der Waals surface area contributed by atoms with Gasteiger partial charge in [-0.05, 0) is 56.2 Å². The van der Waals surface area contributed by atoms with E-state index in [1.807, 2.05) is 0 Å². The van der Waals surface area contributed by atoms with E-state index in [1.54, 1.807) is 0 Å². The highest BCUT2D eigenvalue weighted by molar-refractivity contribution is 6.33. The van der Waals surface area contributed by atoms with Gasteiger partial charge in [0, 0.05) is 25.7 Å². The van der Waals surface area contributed by atoms with E-state index < -0.39 is 0 Å². The van der Waals surface area contributed by atoms with Gasteiger partial charge in [-0.25, -0.2) is 0 Å². The van der Waals surface area contributed by atoms with Crippen molar-refractivity contribution in [2.24, 2.45) is 5.92 Å². The lowest BCUT2D eigenvalue weighted by molar-refractivity contribution is 0.687. The Kier molecular flexibility index (Phi) is 3.99. The SMILES string of the molecule is CCN(CC1CC1)c1ccc(CNC2CC2)cc1Cl. The van der Waals surface area contributed by atoms with Crippen molar-refractivity contribution in [2.45, 2.75) is 45.2 Å². The highest BCUT2D eigenvalue weighted by Gasteiger charge is 2.25. The summed E-state index contributed by atoms with van der Waals surface area (Å²) >= 11 is 6.47. The average molecular weight is 279 g/mol. The first kappa shape index (κ1) is 13.3. The molecule has 0 bridgehead atoms. The van der Waals surface area contributed by atoms with Crippen LogP contribution in [0.15, 0.2) is 18.2 Å². The molecule has 0 aromatic heterocycles. The Bertz CT molecular complexity index is 438. The number of nitrogens with zero attached hydrogens (tertiary/aromatic N) is 1. The van der Waals surface area contributed by atoms with E-state index in [1.165, 1.54) is 36.9 Å². The van der Waals surface area contributed by atoms with Gasteiger partial charge in [-0.1, -0.05) is 17.7 Å². The van der Waals surface area contributed by atoms with Gasteiger partial charge >= 0.3 is 0 Å². The highest BCUT2D eigenvalue weighted by atomic mass is 35.5. The second-order valence-corrected chi connectivity index (χ2v) is 6.33. The molecule has 104 valence electrons. The molecule has 2 saturated carbocycles. The van der Waals surface area contributed by atoms with Crippen molar-refractivity contribution in [3.63, 3.8) is 0 Å². The fraction of sp³-hybridized carbons (Fsp3) is 0.625. The topological polar surface area (TPSA) is 15.3 Å². The van der Waals surface area contributed by atoms with Crippen molar-refractivity contribution in [2.75, 3.05) is 18.0 Å². The molecule has 0 heterocycles. The monoisotopic (exact) mass is 278 g/mol. The number of halogens is 1. The van der Waals surface area contributed by atoms with Crippen molar-refractivity contribution in [3.05, 3.63) is 28.8 Å². The molecule has 2 fully saturated rings. The van der Waals surface area contributed by atoms with Crippen LogP contribution in [0, 0.1) is 5.92 Å². The Morgan fingerprint density at radius 3 is 2.63 bits per heavy atom. The maximum atomic E-state index is 6.47. The zero-order valence-electron chi connectivity index (χ0n) is 11.7. The summed E-state index contributed by atoms with van der Waals surface area (Å²) in [6, 6.07) is 7.28. The zero-order valence-corrected chi connectivity index (χ0v) is 12.4. The van der Waals surface area contributed by atoms with Crippen LogP contribution >= 0.6 is 11.6 Å². The molecule has 2 nitrogen and oxygen atoms in total. The van der Waals surface area contributed by atoms with E-state index >= 15 is 0 Å². The molecular weight excluding hydrogens is 256 g/mol. The van der Waals surface area contributed by atoms with Crippen LogP contribution in [-0.2, 0) is 6.54 Å². The summed E-state index contributed by atoms with van der Waals surface area (Å²) in [5.41, 5.74) is 2.49. The summed E-state index contributed by atoms with van der Waals surface area (Å²) in [6.45, 7) is 5.35. The van der Waals surface area contributed by atoms with E-state index in [0.29, 0.717) is 0 Å². The Morgan fingerprint density at radius 2 is 2.05 bits per heavy atom. The highest BCUT2D eigenvalue weighted by Crippen LogP contribution is 2.34. The molecule has 2 aliphatic carbocycles. The quantitative estimate of drug-likeness (QED) is 0.815. The van der Waals surface area contributed by atoms with Crippen molar-refractivity contribution >= 4 is 17.3 Å². The summed E-state index contributed by atoms with van der Waals surface area (Å²) in [4.78, 5) is 2.41. The number of anilines is 1. The minimum Gasteiger partial charge on any atom is -0.370 e. The fourth-order valence-corrected chi connectivity index (χ4v) is 2.80. The lowest BCUT2D eigenvalue weighted by atomic mass is 10.2. The van der Waals surface area contributed by atoms with Gasteiger partial charge in [0.05, 0.1) is 10.7 Å². The number of hydrogen-bond acceptors (Lipinski definition) is 2. The number of benzene rings is 1. The third-order valence-electron chi connectivity index (χ3n) is 4.08. The molecule has 0 unspecified atom stereocenters. The standard InChI is InChI=1S/C16H23ClN2/c1-2-19(11-12-3-4-12)16-8-5-13(9-15(16)17)10-18-14-6-7-14/h5,8-9,12,14,18H,2-4,6-7,10-11H2,1H3. The van der Waals surface area contributed by atoms with Crippen molar-refractivity contribution in [3.8, 4) is 0 Å². The third kappa shape index (κ3) is 3.64. The van der Waals surface area contributed by atoms with E-state index in [-0.39, 0.29) is 0 Å². The second-order valence-electron chi connectivity index (χ2n) is 5.92. The van der Waals surface area contributed by atoms with Crippen LogP contribution < -0.4 is 10.2 Å². The minimum absolute atomic E-state index is 0.750. The normalized spacial score (nSPS) is 18.6. The predicted octanol–water partition coefficient (Wildman–Crippen LogP) is 3.83. The first-order chi connectivity index (χ1) is 9.26. The zero-order chi connectivity index (χ0) is 13.2. The first-order valence-electron chi connectivity index (χ1n) is 7.53. The summed E-state index contributed by atoms with van der Waals surface area (Å²) < 4.78 is 0. The number of hydrogen-bond donors (Lipinski definition) is 1. The molecule has 1 N–H and O–H groups in total. The molecule has 1 aromatic carbocycles. The van der Waals surface area contributed by atoms with Gasteiger partial charge in [0.2, 0.25) is 0 Å². The summed E-state index contributed by atoms with van der Waals surface area (Å²) in [7, 11) is 0. The van der Waals surface area contributed by atoms with Crippen LogP contribution in [0.1, 0.15) is 38.2 Å². The molecule has 3 heteroatoms.